The lowest BCUT2D eigenvalue weighted by Gasteiger charge is -2.38. The summed E-state index contributed by atoms with van der Waals surface area (Å²) in [5, 5.41) is 9.65. The summed E-state index contributed by atoms with van der Waals surface area (Å²) in [5.74, 6) is -2.58. The second-order valence-corrected chi connectivity index (χ2v) is 17.7. The van der Waals surface area contributed by atoms with Crippen LogP contribution >= 0.6 is 0 Å². The van der Waals surface area contributed by atoms with Crippen molar-refractivity contribution in [2.45, 2.75) is 83.2 Å². The summed E-state index contributed by atoms with van der Waals surface area (Å²) >= 11 is 0. The number of pyridine rings is 1. The Morgan fingerprint density at radius 2 is 1.69 bits per heavy atom. The number of aromatic nitrogens is 5. The largest absolute Gasteiger partial charge is 0.481 e. The van der Waals surface area contributed by atoms with Crippen LogP contribution in [0.2, 0.25) is 0 Å². The van der Waals surface area contributed by atoms with E-state index in [4.69, 9.17) is 14.5 Å². The zero-order valence-electron chi connectivity index (χ0n) is 36.4. The lowest BCUT2D eigenvalue weighted by atomic mass is 9.77. The minimum absolute atomic E-state index is 0.0383. The number of imide groups is 1. The third-order valence-corrected chi connectivity index (χ3v) is 13.4. The van der Waals surface area contributed by atoms with E-state index in [2.05, 4.69) is 49.2 Å². The Kier molecular flexibility index (Phi) is 12.2. The monoisotopic (exact) mass is 877 g/mol. The van der Waals surface area contributed by atoms with E-state index in [-0.39, 0.29) is 53.9 Å². The van der Waals surface area contributed by atoms with Crippen molar-refractivity contribution in [1.29, 1.82) is 0 Å². The third-order valence-electron chi connectivity index (χ3n) is 13.4. The molecule has 17 heteroatoms. The molecule has 4 aliphatic rings. The van der Waals surface area contributed by atoms with Crippen LogP contribution in [-0.2, 0) is 34.5 Å². The molecule has 64 heavy (non-hydrogen) atoms. The predicted molar refractivity (Wildman–Crippen MR) is 233 cm³/mol. The maximum absolute atomic E-state index is 15.3. The summed E-state index contributed by atoms with van der Waals surface area (Å²) in [6.07, 6.45) is 6.02. The van der Waals surface area contributed by atoms with Crippen molar-refractivity contribution in [2.24, 2.45) is 18.9 Å². The van der Waals surface area contributed by atoms with Crippen LogP contribution in [0, 0.1) is 23.5 Å². The van der Waals surface area contributed by atoms with Gasteiger partial charge in [-0.15, -0.1) is 0 Å². The van der Waals surface area contributed by atoms with Crippen LogP contribution in [0.15, 0.2) is 48.7 Å². The predicted octanol–water partition coefficient (Wildman–Crippen LogP) is 6.32. The molecule has 1 saturated carbocycles. The number of benzene rings is 2. The zero-order chi connectivity index (χ0) is 44.6. The standard InChI is InChI=1S/C47H53F2N9O6/c1-27-5-4-18-64-46-34(24-50-55(46)2)38-22-32(23-41(51-38)63-3)43(60)54-47-52-37-12-6-28(19-39(37)58(47)25-27)26-56-14-16-57(17-15-56)45(62)30-9-7-29(8-10-30)31-20-35(48)42(36(49)21-31)33-11-13-40(59)53-44(33)61/h6,12,19-24,27,29-30,33H,4-5,7-11,13-18,25-26H2,1-3H3,(H,52,54,60)(H,53,59,61)/t27-,29?,30?,33+/m1/s1. The number of hydrogen-bond acceptors (Lipinski definition) is 10. The highest BCUT2D eigenvalue weighted by Crippen LogP contribution is 2.40. The summed E-state index contributed by atoms with van der Waals surface area (Å²) in [5.41, 5.74) is 4.58. The number of methoxy groups -OCH3 is 1. The number of imidazole rings is 1. The first kappa shape index (κ1) is 43.0. The zero-order valence-corrected chi connectivity index (χ0v) is 36.4. The van der Waals surface area contributed by atoms with Crippen molar-refractivity contribution in [3.63, 3.8) is 0 Å². The average molecular weight is 878 g/mol. The fraction of sp³-hybridized carbons (Fsp3) is 0.468. The summed E-state index contributed by atoms with van der Waals surface area (Å²) < 4.78 is 46.0. The molecular formula is C47H53F2N9O6. The normalized spacial score (nSPS) is 22.4. The Hall–Kier alpha value is -6.23. The number of carbonyl (C=O) groups excluding carboxylic acids is 4. The average Bonchev–Trinajstić information content (AvgIpc) is 3.82. The second-order valence-electron chi connectivity index (χ2n) is 17.7. The number of piperazine rings is 1. The second kappa shape index (κ2) is 18.1. The molecule has 2 N–H and O–H groups in total. The lowest BCUT2D eigenvalue weighted by Crippen LogP contribution is -2.50. The van der Waals surface area contributed by atoms with E-state index in [0.29, 0.717) is 106 Å². The van der Waals surface area contributed by atoms with Crippen molar-refractivity contribution in [3.8, 4) is 23.0 Å². The molecule has 0 spiro atoms. The van der Waals surface area contributed by atoms with Gasteiger partial charge in [-0.2, -0.15) is 5.10 Å². The Balaban J connectivity index is 0.836. The van der Waals surface area contributed by atoms with Crippen LogP contribution in [0.3, 0.4) is 0 Å². The first-order valence-corrected chi connectivity index (χ1v) is 22.3. The van der Waals surface area contributed by atoms with Crippen molar-refractivity contribution in [2.75, 3.05) is 45.2 Å². The van der Waals surface area contributed by atoms with Crippen LogP contribution in [0.5, 0.6) is 11.8 Å². The van der Waals surface area contributed by atoms with Gasteiger partial charge in [-0.05, 0) is 98.2 Å². The Bertz CT molecular complexity index is 2590. The number of aryl methyl sites for hydroxylation is 1. The molecule has 9 rings (SSSR count). The summed E-state index contributed by atoms with van der Waals surface area (Å²) in [6, 6.07) is 12.2. The maximum atomic E-state index is 15.3. The van der Waals surface area contributed by atoms with Crippen molar-refractivity contribution in [1.82, 2.24) is 39.4 Å². The van der Waals surface area contributed by atoms with Gasteiger partial charge in [0.05, 0.1) is 48.1 Å². The number of ether oxygens (including phenoxy) is 2. The highest BCUT2D eigenvalue weighted by Gasteiger charge is 2.35. The van der Waals surface area contributed by atoms with E-state index in [1.54, 1.807) is 23.0 Å². The minimum atomic E-state index is -1.03. The molecule has 0 unspecified atom stereocenters. The number of nitrogens with zero attached hydrogens (tertiary/aromatic N) is 7. The molecule has 2 saturated heterocycles. The smallest absolute Gasteiger partial charge is 0.258 e. The van der Waals surface area contributed by atoms with Gasteiger partial charge in [-0.1, -0.05) is 13.0 Å². The van der Waals surface area contributed by atoms with E-state index >= 15 is 8.78 Å². The molecule has 2 aromatic carbocycles. The van der Waals surface area contributed by atoms with Crippen LogP contribution in [0.4, 0.5) is 14.7 Å². The molecule has 3 aromatic heterocycles. The molecule has 336 valence electrons. The molecule has 15 nitrogen and oxygen atoms in total. The number of halogens is 2. The van der Waals surface area contributed by atoms with Gasteiger partial charge in [0.2, 0.25) is 35.4 Å². The number of carbonyl (C=O) groups is 4. The van der Waals surface area contributed by atoms with Gasteiger partial charge in [-0.25, -0.2) is 23.4 Å². The van der Waals surface area contributed by atoms with E-state index < -0.39 is 29.4 Å². The number of anilines is 1. The quantitative estimate of drug-likeness (QED) is 0.185. The molecule has 5 aromatic rings. The van der Waals surface area contributed by atoms with Crippen LogP contribution in [-0.4, -0.2) is 97.6 Å². The van der Waals surface area contributed by atoms with Gasteiger partial charge in [0.1, 0.15) is 11.6 Å². The van der Waals surface area contributed by atoms with Gasteiger partial charge in [0.25, 0.3) is 5.91 Å². The first-order chi connectivity index (χ1) is 30.9. The SMILES string of the molecule is COc1cc2cc(n1)-c1cnn(C)c1OCCC[C@@H](C)Cn1c(nc3ccc(CN4CCN(C(=O)C5CCC(c6cc(F)c([C@@H]7CCC(=O)NC7=O)c(F)c6)CC5)CC4)cc31)NC2=O. The number of nitrogens with one attached hydrogen (secondary N) is 2. The third kappa shape index (κ3) is 8.81. The summed E-state index contributed by atoms with van der Waals surface area (Å²) in [7, 11) is 3.32. The number of rotatable bonds is 6. The van der Waals surface area contributed by atoms with Gasteiger partial charge >= 0.3 is 0 Å². The molecule has 3 aliphatic heterocycles. The lowest BCUT2D eigenvalue weighted by molar-refractivity contribution is -0.138. The molecule has 3 fully saturated rings. The van der Waals surface area contributed by atoms with Crippen LogP contribution in [0.1, 0.15) is 97.2 Å². The van der Waals surface area contributed by atoms with Gasteiger partial charge in [-0.3, -0.25) is 34.7 Å². The highest BCUT2D eigenvalue weighted by molar-refractivity contribution is 6.05. The van der Waals surface area contributed by atoms with E-state index in [0.717, 1.165) is 29.4 Å². The van der Waals surface area contributed by atoms with Gasteiger partial charge < -0.3 is 18.9 Å². The van der Waals surface area contributed by atoms with Crippen molar-refractivity contribution < 1.29 is 37.4 Å². The molecule has 1 aliphatic carbocycles. The van der Waals surface area contributed by atoms with Gasteiger partial charge in [0.15, 0.2) is 0 Å². The molecule has 4 amide bonds. The van der Waals surface area contributed by atoms with Crippen molar-refractivity contribution >= 4 is 40.6 Å². The highest BCUT2D eigenvalue weighted by atomic mass is 19.1. The van der Waals surface area contributed by atoms with Gasteiger partial charge in [0, 0.05) is 75.8 Å². The van der Waals surface area contributed by atoms with Crippen LogP contribution < -0.4 is 20.1 Å². The molecule has 6 heterocycles. The fourth-order valence-electron chi connectivity index (χ4n) is 9.83. The Morgan fingerprint density at radius 1 is 0.922 bits per heavy atom. The number of fused-ring (bicyclic) bond motifs is 7. The fourth-order valence-corrected chi connectivity index (χ4v) is 9.83. The van der Waals surface area contributed by atoms with Crippen LogP contribution in [0.25, 0.3) is 22.3 Å². The molecule has 0 radical (unpaired) electrons. The number of amides is 4. The topological polar surface area (TPSA) is 166 Å². The van der Waals surface area contributed by atoms with E-state index in [1.165, 1.54) is 19.2 Å². The maximum Gasteiger partial charge on any atom is 0.258 e. The van der Waals surface area contributed by atoms with Crippen molar-refractivity contribution in [3.05, 3.63) is 82.5 Å². The van der Waals surface area contributed by atoms with E-state index in [9.17, 15) is 19.2 Å². The molecule has 2 bridgehead atoms. The molecular weight excluding hydrogens is 825 g/mol. The Morgan fingerprint density at radius 3 is 2.42 bits per heavy atom. The minimum Gasteiger partial charge on any atom is -0.481 e. The Labute approximate surface area is 369 Å². The summed E-state index contributed by atoms with van der Waals surface area (Å²) in [6.45, 7) is 6.64. The molecule has 2 atom stereocenters. The van der Waals surface area contributed by atoms with E-state index in [1.807, 2.05) is 18.0 Å². The summed E-state index contributed by atoms with van der Waals surface area (Å²) in [4.78, 5) is 65.3. The number of piperidine rings is 1. The first-order valence-electron chi connectivity index (χ1n) is 22.3. The number of hydrogen-bond donors (Lipinski definition) is 2.